The number of aliphatic hydroxyl groups is 1. The largest absolute Gasteiger partial charge is 0.399 e. The van der Waals surface area contributed by atoms with Crippen molar-refractivity contribution in [2.45, 2.75) is 24.3 Å². The maximum Gasteiger partial charge on any atom is 0.244 e. The van der Waals surface area contributed by atoms with Gasteiger partial charge in [-0.15, -0.1) is 0 Å². The third-order valence-electron chi connectivity index (χ3n) is 3.22. The molecule has 0 aliphatic carbocycles. The molecule has 0 aliphatic heterocycles. The minimum Gasteiger partial charge on any atom is -0.399 e. The number of nitrogen functional groups attached to an aromatic ring is 1. The van der Waals surface area contributed by atoms with Gasteiger partial charge in [0.25, 0.3) is 0 Å². The number of hydrogen-bond donors (Lipinski definition) is 3. The predicted octanol–water partition coefficient (Wildman–Crippen LogP) is 1.14. The van der Waals surface area contributed by atoms with Gasteiger partial charge in [-0.3, -0.25) is 0 Å². The zero-order valence-corrected chi connectivity index (χ0v) is 12.3. The van der Waals surface area contributed by atoms with Crippen molar-refractivity contribution in [1.82, 2.24) is 9.29 Å². The Bertz CT molecular complexity index is 707. The monoisotopic (exact) mass is 297 g/mol. The van der Waals surface area contributed by atoms with Crippen LogP contribution in [0.4, 0.5) is 5.69 Å². The van der Waals surface area contributed by atoms with Crippen molar-refractivity contribution in [3.8, 4) is 0 Å². The second kappa shape index (κ2) is 5.43. The van der Waals surface area contributed by atoms with E-state index in [1.54, 1.807) is 25.1 Å². The Hall–Kier alpha value is -1.57. The van der Waals surface area contributed by atoms with Crippen molar-refractivity contribution in [3.63, 3.8) is 0 Å². The minimum absolute atomic E-state index is 0.202. The van der Waals surface area contributed by atoms with Crippen LogP contribution in [0.25, 0.3) is 10.9 Å². The highest BCUT2D eigenvalue weighted by Gasteiger charge is 2.24. The van der Waals surface area contributed by atoms with Crippen molar-refractivity contribution in [2.75, 3.05) is 19.3 Å². The van der Waals surface area contributed by atoms with Crippen molar-refractivity contribution >= 4 is 26.6 Å². The second-order valence-corrected chi connectivity index (χ2v) is 6.94. The molecular formula is C13H19N3O3S. The first kappa shape index (κ1) is 14.8. The first-order valence-corrected chi connectivity index (χ1v) is 7.77. The minimum atomic E-state index is -3.60. The summed E-state index contributed by atoms with van der Waals surface area (Å²) in [5, 5.41) is 9.84. The quantitative estimate of drug-likeness (QED) is 0.721. The number of aromatic nitrogens is 1. The van der Waals surface area contributed by atoms with Crippen LogP contribution in [0, 0.1) is 0 Å². The van der Waals surface area contributed by atoms with Crippen LogP contribution in [0.15, 0.2) is 29.3 Å². The lowest BCUT2D eigenvalue weighted by atomic mass is 10.2. The highest BCUT2D eigenvalue weighted by Crippen LogP contribution is 2.26. The number of rotatable bonds is 5. The van der Waals surface area contributed by atoms with Crippen LogP contribution in [0.5, 0.6) is 0 Å². The van der Waals surface area contributed by atoms with E-state index in [0.29, 0.717) is 17.5 Å². The van der Waals surface area contributed by atoms with Crippen molar-refractivity contribution in [3.05, 3.63) is 24.4 Å². The maximum absolute atomic E-state index is 12.5. The smallest absolute Gasteiger partial charge is 0.244 e. The highest BCUT2D eigenvalue weighted by molar-refractivity contribution is 7.89. The van der Waals surface area contributed by atoms with Crippen LogP contribution < -0.4 is 5.73 Å². The summed E-state index contributed by atoms with van der Waals surface area (Å²) >= 11 is 0. The SMILES string of the molecule is CC(O)CCN(C)S(=O)(=O)c1c[nH]c2ccc(N)cc12. The molecule has 0 fully saturated rings. The summed E-state index contributed by atoms with van der Waals surface area (Å²) in [6.07, 6.45) is 1.32. The Morgan fingerprint density at radius 1 is 1.45 bits per heavy atom. The highest BCUT2D eigenvalue weighted by atomic mass is 32.2. The van der Waals surface area contributed by atoms with E-state index in [9.17, 15) is 13.5 Å². The van der Waals surface area contributed by atoms with Gasteiger partial charge in [0.1, 0.15) is 4.90 Å². The third kappa shape index (κ3) is 2.79. The zero-order chi connectivity index (χ0) is 14.9. The Morgan fingerprint density at radius 3 is 2.80 bits per heavy atom. The summed E-state index contributed by atoms with van der Waals surface area (Å²) in [6, 6.07) is 5.10. The molecule has 0 aliphatic rings. The fraction of sp³-hybridized carbons (Fsp3) is 0.385. The van der Waals surface area contributed by atoms with Gasteiger partial charge in [0.05, 0.1) is 6.10 Å². The Balaban J connectivity index is 2.39. The molecule has 1 aromatic carbocycles. The summed E-state index contributed by atoms with van der Waals surface area (Å²) in [5.74, 6) is 0. The van der Waals surface area contributed by atoms with Gasteiger partial charge >= 0.3 is 0 Å². The summed E-state index contributed by atoms with van der Waals surface area (Å²) in [5.41, 5.74) is 6.95. The Morgan fingerprint density at radius 2 is 2.15 bits per heavy atom. The number of aliphatic hydroxyl groups excluding tert-OH is 1. The van der Waals surface area contributed by atoms with Gasteiger partial charge in [0.2, 0.25) is 10.0 Å². The fourth-order valence-corrected chi connectivity index (χ4v) is 3.32. The molecule has 0 bridgehead atoms. The molecule has 6 nitrogen and oxygen atoms in total. The van der Waals surface area contributed by atoms with Crippen LogP contribution in [0.2, 0.25) is 0 Å². The number of H-pyrrole nitrogens is 1. The Labute approximate surface area is 118 Å². The molecule has 7 heteroatoms. The van der Waals surface area contributed by atoms with Crippen LogP contribution in [0.1, 0.15) is 13.3 Å². The number of fused-ring (bicyclic) bond motifs is 1. The summed E-state index contributed by atoms with van der Waals surface area (Å²) in [4.78, 5) is 3.13. The average molecular weight is 297 g/mol. The molecule has 0 saturated heterocycles. The lowest BCUT2D eigenvalue weighted by Crippen LogP contribution is -2.29. The molecule has 1 unspecified atom stereocenters. The zero-order valence-electron chi connectivity index (χ0n) is 11.5. The molecule has 4 N–H and O–H groups in total. The number of nitrogens with two attached hydrogens (primary N) is 1. The van der Waals surface area contributed by atoms with Gasteiger partial charge in [-0.1, -0.05) is 0 Å². The van der Waals surface area contributed by atoms with Crippen molar-refractivity contribution in [2.24, 2.45) is 0 Å². The average Bonchev–Trinajstić information content (AvgIpc) is 2.79. The fourth-order valence-electron chi connectivity index (χ4n) is 1.98. The van der Waals surface area contributed by atoms with Gasteiger partial charge in [-0.25, -0.2) is 12.7 Å². The molecule has 110 valence electrons. The lowest BCUT2D eigenvalue weighted by molar-refractivity contribution is 0.177. The van der Waals surface area contributed by atoms with Crippen molar-refractivity contribution < 1.29 is 13.5 Å². The number of benzene rings is 1. The molecule has 0 amide bonds. The topological polar surface area (TPSA) is 99.4 Å². The molecule has 1 heterocycles. The summed E-state index contributed by atoms with van der Waals surface area (Å²) in [7, 11) is -2.10. The van der Waals surface area contributed by atoms with E-state index in [0.717, 1.165) is 5.52 Å². The van der Waals surface area contributed by atoms with Gasteiger partial charge in [-0.05, 0) is 31.5 Å². The number of sulfonamides is 1. The molecule has 0 radical (unpaired) electrons. The second-order valence-electron chi connectivity index (χ2n) is 4.92. The van der Waals surface area contributed by atoms with Gasteiger partial charge in [0, 0.05) is 36.4 Å². The van der Waals surface area contributed by atoms with E-state index in [4.69, 9.17) is 5.73 Å². The van der Waals surface area contributed by atoms with E-state index in [-0.39, 0.29) is 11.4 Å². The Kier molecular flexibility index (Phi) is 4.03. The normalized spacial score (nSPS) is 14.0. The van der Waals surface area contributed by atoms with Gasteiger partial charge in [-0.2, -0.15) is 0 Å². The van der Waals surface area contributed by atoms with Gasteiger partial charge in [0.15, 0.2) is 0 Å². The molecule has 2 aromatic rings. The summed E-state index contributed by atoms with van der Waals surface area (Å²) in [6.45, 7) is 1.89. The number of nitrogens with one attached hydrogen (secondary N) is 1. The number of nitrogens with zero attached hydrogens (tertiary/aromatic N) is 1. The van der Waals surface area contributed by atoms with E-state index < -0.39 is 16.1 Å². The number of anilines is 1. The van der Waals surface area contributed by atoms with Crippen LogP contribution >= 0.6 is 0 Å². The van der Waals surface area contributed by atoms with Crippen LogP contribution in [0.3, 0.4) is 0 Å². The lowest BCUT2D eigenvalue weighted by Gasteiger charge is -2.17. The van der Waals surface area contributed by atoms with Crippen LogP contribution in [-0.2, 0) is 10.0 Å². The molecule has 0 saturated carbocycles. The number of aromatic amines is 1. The molecular weight excluding hydrogens is 278 g/mol. The first-order valence-electron chi connectivity index (χ1n) is 6.33. The molecule has 20 heavy (non-hydrogen) atoms. The van der Waals surface area contributed by atoms with Crippen LogP contribution in [-0.4, -0.2) is 42.5 Å². The predicted molar refractivity (Wildman–Crippen MR) is 78.8 cm³/mol. The first-order chi connectivity index (χ1) is 9.32. The van der Waals surface area contributed by atoms with E-state index in [1.807, 2.05) is 0 Å². The van der Waals surface area contributed by atoms with E-state index >= 15 is 0 Å². The molecule has 2 rings (SSSR count). The summed E-state index contributed by atoms with van der Waals surface area (Å²) < 4.78 is 26.3. The third-order valence-corrected chi connectivity index (χ3v) is 5.11. The molecule has 1 aromatic heterocycles. The van der Waals surface area contributed by atoms with E-state index in [2.05, 4.69) is 4.98 Å². The standard InChI is InChI=1S/C13H19N3O3S/c1-9(17)5-6-16(2)20(18,19)13-8-15-12-4-3-10(14)7-11(12)13/h3-4,7-9,15,17H,5-6,14H2,1-2H3. The van der Waals surface area contributed by atoms with Crippen molar-refractivity contribution in [1.29, 1.82) is 0 Å². The molecule has 1 atom stereocenters. The molecule has 0 spiro atoms. The van der Waals surface area contributed by atoms with E-state index in [1.165, 1.54) is 17.5 Å². The van der Waals surface area contributed by atoms with Gasteiger partial charge < -0.3 is 15.8 Å². The maximum atomic E-state index is 12.5. The number of hydrogen-bond acceptors (Lipinski definition) is 4.